The molecule has 78 valence electrons. The molecule has 1 N–H and O–H groups in total. The Morgan fingerprint density at radius 1 is 1.40 bits per heavy atom. The van der Waals surface area contributed by atoms with Crippen LogP contribution in [0.3, 0.4) is 0 Å². The molecule has 4 nitrogen and oxygen atoms in total. The number of hydrogen-bond donors (Lipinski definition) is 1. The van der Waals surface area contributed by atoms with Gasteiger partial charge in [0, 0.05) is 18.9 Å². The van der Waals surface area contributed by atoms with Gasteiger partial charge in [-0.1, -0.05) is 6.07 Å². The summed E-state index contributed by atoms with van der Waals surface area (Å²) in [6, 6.07) is 6.02. The number of nitrogens with one attached hydrogen (secondary N) is 1. The zero-order valence-electron chi connectivity index (χ0n) is 8.94. The minimum atomic E-state index is 0.730. The van der Waals surface area contributed by atoms with Gasteiger partial charge >= 0.3 is 0 Å². The van der Waals surface area contributed by atoms with Crippen LogP contribution in [-0.2, 0) is 13.6 Å². The van der Waals surface area contributed by atoms with E-state index in [0.29, 0.717) is 0 Å². The van der Waals surface area contributed by atoms with Gasteiger partial charge in [-0.25, -0.2) is 0 Å². The van der Waals surface area contributed by atoms with Crippen molar-refractivity contribution in [1.29, 1.82) is 0 Å². The van der Waals surface area contributed by atoms with E-state index < -0.39 is 0 Å². The van der Waals surface area contributed by atoms with Crippen LogP contribution in [0.25, 0.3) is 0 Å². The number of anilines is 1. The summed E-state index contributed by atoms with van der Waals surface area (Å²) in [5.41, 5.74) is 3.10. The smallest absolute Gasteiger partial charge is 0.0729 e. The van der Waals surface area contributed by atoms with Gasteiger partial charge in [-0.2, -0.15) is 5.10 Å². The maximum atomic E-state index is 4.41. The molecule has 2 aromatic heterocycles. The van der Waals surface area contributed by atoms with Crippen molar-refractivity contribution in [3.05, 3.63) is 42.0 Å². The molecule has 2 rings (SSSR count). The van der Waals surface area contributed by atoms with E-state index in [1.54, 1.807) is 10.9 Å². The fraction of sp³-hybridized carbons (Fsp3) is 0.273. The lowest BCUT2D eigenvalue weighted by Gasteiger charge is -2.03. The predicted octanol–water partition coefficient (Wildman–Crippen LogP) is 1.74. The highest BCUT2D eigenvalue weighted by molar-refractivity contribution is 5.38. The van der Waals surface area contributed by atoms with Crippen molar-refractivity contribution in [1.82, 2.24) is 14.8 Å². The average molecular weight is 202 g/mol. The molecule has 0 aliphatic rings. The van der Waals surface area contributed by atoms with Crippen LogP contribution in [-0.4, -0.2) is 14.8 Å². The van der Waals surface area contributed by atoms with Crippen LogP contribution < -0.4 is 5.32 Å². The van der Waals surface area contributed by atoms with Gasteiger partial charge in [0.15, 0.2) is 0 Å². The lowest BCUT2D eigenvalue weighted by molar-refractivity contribution is 0.768. The number of hydrogen-bond acceptors (Lipinski definition) is 3. The number of nitrogens with zero attached hydrogens (tertiary/aromatic N) is 3. The number of aryl methyl sites for hydroxylation is 2. The Morgan fingerprint density at radius 2 is 2.27 bits per heavy atom. The van der Waals surface area contributed by atoms with Crippen molar-refractivity contribution >= 4 is 5.69 Å². The van der Waals surface area contributed by atoms with Crippen LogP contribution in [0.4, 0.5) is 5.69 Å². The van der Waals surface area contributed by atoms with Crippen molar-refractivity contribution in [3.63, 3.8) is 0 Å². The van der Waals surface area contributed by atoms with E-state index in [1.807, 2.05) is 38.4 Å². The molecule has 15 heavy (non-hydrogen) atoms. The van der Waals surface area contributed by atoms with Crippen LogP contribution in [0.1, 0.15) is 11.4 Å². The summed E-state index contributed by atoms with van der Waals surface area (Å²) in [6.07, 6.45) is 3.74. The molecule has 2 aromatic rings. The Bertz CT molecular complexity index is 447. The van der Waals surface area contributed by atoms with E-state index in [0.717, 1.165) is 23.6 Å². The molecule has 0 saturated heterocycles. The first-order chi connectivity index (χ1) is 7.24. The normalized spacial score (nSPS) is 10.3. The quantitative estimate of drug-likeness (QED) is 0.824. The summed E-state index contributed by atoms with van der Waals surface area (Å²) < 4.78 is 1.77. The summed E-state index contributed by atoms with van der Waals surface area (Å²) in [7, 11) is 1.90. The van der Waals surface area contributed by atoms with Gasteiger partial charge in [0.1, 0.15) is 0 Å². The summed E-state index contributed by atoms with van der Waals surface area (Å²) >= 11 is 0. The lowest BCUT2D eigenvalue weighted by atomic mass is 10.3. The third-order valence-electron chi connectivity index (χ3n) is 2.12. The van der Waals surface area contributed by atoms with Crippen molar-refractivity contribution < 1.29 is 0 Å². The second-order valence-electron chi connectivity index (χ2n) is 3.53. The maximum Gasteiger partial charge on any atom is 0.0729 e. The van der Waals surface area contributed by atoms with Gasteiger partial charge in [-0.15, -0.1) is 0 Å². The summed E-state index contributed by atoms with van der Waals surface area (Å²) in [6.45, 7) is 2.72. The SMILES string of the molecule is Cc1cccc(CNc2cnn(C)c2)n1. The molecule has 4 heteroatoms. The van der Waals surface area contributed by atoms with Gasteiger partial charge in [-0.05, 0) is 19.1 Å². The highest BCUT2D eigenvalue weighted by Gasteiger charge is 1.97. The first-order valence-electron chi connectivity index (χ1n) is 4.89. The second-order valence-corrected chi connectivity index (χ2v) is 3.53. The topological polar surface area (TPSA) is 42.7 Å². The van der Waals surface area contributed by atoms with Crippen molar-refractivity contribution in [3.8, 4) is 0 Å². The van der Waals surface area contributed by atoms with Crippen molar-refractivity contribution in [2.24, 2.45) is 7.05 Å². The number of aromatic nitrogens is 3. The Balaban J connectivity index is 1.99. The molecular formula is C11H14N4. The molecule has 0 aliphatic carbocycles. The van der Waals surface area contributed by atoms with Gasteiger partial charge in [0.25, 0.3) is 0 Å². The predicted molar refractivity (Wildman–Crippen MR) is 59.5 cm³/mol. The van der Waals surface area contributed by atoms with Crippen LogP contribution in [0, 0.1) is 6.92 Å². The first-order valence-corrected chi connectivity index (χ1v) is 4.89. The second kappa shape index (κ2) is 4.13. The van der Waals surface area contributed by atoms with Crippen molar-refractivity contribution in [2.45, 2.75) is 13.5 Å². The minimum Gasteiger partial charge on any atom is -0.377 e. The Hall–Kier alpha value is -1.84. The number of rotatable bonds is 3. The first kappa shape index (κ1) is 9.71. The van der Waals surface area contributed by atoms with Crippen LogP contribution >= 0.6 is 0 Å². The van der Waals surface area contributed by atoms with E-state index in [9.17, 15) is 0 Å². The van der Waals surface area contributed by atoms with E-state index in [4.69, 9.17) is 0 Å². The summed E-state index contributed by atoms with van der Waals surface area (Å²) in [4.78, 5) is 4.41. The number of pyridine rings is 1. The zero-order chi connectivity index (χ0) is 10.7. The van der Waals surface area contributed by atoms with Crippen molar-refractivity contribution in [2.75, 3.05) is 5.32 Å². The van der Waals surface area contributed by atoms with Crippen LogP contribution in [0.15, 0.2) is 30.6 Å². The molecule has 0 aliphatic heterocycles. The van der Waals surface area contributed by atoms with Gasteiger partial charge in [-0.3, -0.25) is 9.67 Å². The fourth-order valence-corrected chi connectivity index (χ4v) is 1.40. The van der Waals surface area contributed by atoms with Gasteiger partial charge < -0.3 is 5.32 Å². The molecule has 0 bridgehead atoms. The molecule has 0 radical (unpaired) electrons. The van der Waals surface area contributed by atoms with E-state index >= 15 is 0 Å². The molecule has 0 atom stereocenters. The van der Waals surface area contributed by atoms with Gasteiger partial charge in [0.05, 0.1) is 24.1 Å². The highest BCUT2D eigenvalue weighted by Crippen LogP contribution is 2.06. The van der Waals surface area contributed by atoms with E-state index in [2.05, 4.69) is 15.4 Å². The fourth-order valence-electron chi connectivity index (χ4n) is 1.40. The van der Waals surface area contributed by atoms with E-state index in [1.165, 1.54) is 0 Å². The Labute approximate surface area is 89.0 Å². The van der Waals surface area contributed by atoms with Crippen LogP contribution in [0.5, 0.6) is 0 Å². The molecule has 0 amide bonds. The zero-order valence-corrected chi connectivity index (χ0v) is 8.94. The highest BCUT2D eigenvalue weighted by atomic mass is 15.3. The van der Waals surface area contributed by atoms with Gasteiger partial charge in [0.2, 0.25) is 0 Å². The Kier molecular flexibility index (Phi) is 2.67. The molecule has 2 heterocycles. The lowest BCUT2D eigenvalue weighted by Crippen LogP contribution is -2.01. The third-order valence-corrected chi connectivity index (χ3v) is 2.12. The summed E-state index contributed by atoms with van der Waals surface area (Å²) in [5, 5.41) is 7.34. The maximum absolute atomic E-state index is 4.41. The molecular weight excluding hydrogens is 188 g/mol. The van der Waals surface area contributed by atoms with Crippen LogP contribution in [0.2, 0.25) is 0 Å². The molecule has 0 spiro atoms. The average Bonchev–Trinajstić information content (AvgIpc) is 2.62. The third kappa shape index (κ3) is 2.56. The molecule has 0 fully saturated rings. The standard InChI is InChI=1S/C11H14N4/c1-9-4-3-5-10(14-9)6-12-11-7-13-15(2)8-11/h3-5,7-8,12H,6H2,1-2H3. The minimum absolute atomic E-state index is 0.730. The molecule has 0 aromatic carbocycles. The molecule has 0 unspecified atom stereocenters. The Morgan fingerprint density at radius 3 is 2.93 bits per heavy atom. The monoisotopic (exact) mass is 202 g/mol. The molecule has 0 saturated carbocycles. The summed E-state index contributed by atoms with van der Waals surface area (Å²) in [5.74, 6) is 0. The largest absolute Gasteiger partial charge is 0.377 e. The van der Waals surface area contributed by atoms with E-state index in [-0.39, 0.29) is 0 Å².